The molecule has 1 aromatic carbocycles. The van der Waals surface area contributed by atoms with Crippen LogP contribution >= 0.6 is 11.3 Å². The molecule has 3 amide bonds. The minimum Gasteiger partial charge on any atom is -0.508 e. The third-order valence-electron chi connectivity index (χ3n) is 5.76. The molecule has 1 aliphatic rings. The minimum absolute atomic E-state index is 0.0380. The number of nitrogens with zero attached hydrogens (tertiary/aromatic N) is 1. The molecule has 4 rings (SSSR count). The number of aromatic hydroxyl groups is 1. The van der Waals surface area contributed by atoms with E-state index < -0.39 is 35.9 Å². The first kappa shape index (κ1) is 25.5. The zero-order valence-electron chi connectivity index (χ0n) is 19.4. The highest BCUT2D eigenvalue weighted by atomic mass is 32.1. The summed E-state index contributed by atoms with van der Waals surface area (Å²) in [4.78, 5) is 65.0. The summed E-state index contributed by atoms with van der Waals surface area (Å²) in [6.45, 7) is 1.66. The van der Waals surface area contributed by atoms with Crippen molar-refractivity contribution in [1.29, 1.82) is 0 Å². The lowest BCUT2D eigenvalue weighted by Gasteiger charge is -2.35. The molecular weight excluding hydrogens is 508 g/mol. The topological polar surface area (TPSA) is 198 Å². The van der Waals surface area contributed by atoms with Gasteiger partial charge in [-0.25, -0.2) is 14.4 Å². The molecule has 194 valence electrons. The molecule has 6 N–H and O–H groups in total. The van der Waals surface area contributed by atoms with E-state index in [4.69, 9.17) is 9.84 Å². The van der Waals surface area contributed by atoms with Gasteiger partial charge in [-0.1, -0.05) is 0 Å². The van der Waals surface area contributed by atoms with Gasteiger partial charge >= 0.3 is 23.9 Å². The number of nitrogens with one attached hydrogen (secondary N) is 3. The van der Waals surface area contributed by atoms with Crippen LogP contribution in [-0.2, 0) is 20.7 Å². The van der Waals surface area contributed by atoms with E-state index in [9.17, 15) is 34.2 Å². The number of aromatic carboxylic acids is 1. The van der Waals surface area contributed by atoms with Gasteiger partial charge in [0, 0.05) is 28.9 Å². The maximum absolute atomic E-state index is 12.9. The van der Waals surface area contributed by atoms with Gasteiger partial charge in [-0.2, -0.15) is 0 Å². The normalized spacial score (nSPS) is 14.6. The molecule has 37 heavy (non-hydrogen) atoms. The molecule has 0 radical (unpaired) electrons. The summed E-state index contributed by atoms with van der Waals surface area (Å²) in [5.41, 5.74) is 0.897. The number of aromatic amines is 1. The van der Waals surface area contributed by atoms with Gasteiger partial charge in [-0.3, -0.25) is 14.5 Å². The lowest BCUT2D eigenvalue weighted by Crippen LogP contribution is -2.45. The minimum atomic E-state index is -1.79. The zero-order chi connectivity index (χ0) is 26.9. The number of ether oxygens (including phenoxy) is 1. The second-order valence-corrected chi connectivity index (χ2v) is 9.09. The number of hydrogen-bond acceptors (Lipinski definition) is 8. The van der Waals surface area contributed by atoms with Crippen molar-refractivity contribution in [1.82, 2.24) is 15.2 Å². The van der Waals surface area contributed by atoms with Crippen LogP contribution in [0, 0.1) is 0 Å². The number of phenols is 1. The summed E-state index contributed by atoms with van der Waals surface area (Å²) in [6, 6.07) is 5.28. The Kier molecular flexibility index (Phi) is 7.02. The van der Waals surface area contributed by atoms with Crippen molar-refractivity contribution in [3.63, 3.8) is 0 Å². The molecule has 0 aliphatic carbocycles. The summed E-state index contributed by atoms with van der Waals surface area (Å²) >= 11 is 0.824. The van der Waals surface area contributed by atoms with Gasteiger partial charge in [0.15, 0.2) is 0 Å². The Hall–Kier alpha value is -4.59. The Morgan fingerprint density at radius 1 is 1.19 bits per heavy atom. The molecule has 0 saturated heterocycles. The maximum atomic E-state index is 12.9. The van der Waals surface area contributed by atoms with E-state index >= 15 is 0 Å². The van der Waals surface area contributed by atoms with Gasteiger partial charge in [-0.05, 0) is 43.2 Å². The quantitative estimate of drug-likeness (QED) is 0.258. The standard InChI is InChI=1S/C23H22N4O9S/c1-2-36-23(35)27-6-5-12-16(21(31)32)20(26-19(30)22(33)34)37-17(12)15(27)9-24-18(29)14-8-10-7-11(28)3-4-13(10)25-14/h3-4,7-8,15,25,28H,2,5-6,9H2,1H3,(H,24,29)(H,26,30)(H,31,32)(H,33,34). The SMILES string of the molecule is CCOC(=O)N1CCc2c(sc(NC(=O)C(=O)O)c2C(=O)O)C1CNC(=O)c1cc2cc(O)ccc2[nH]1. The number of carboxylic acids is 2. The molecular formula is C23H22N4O9S. The smallest absolute Gasteiger partial charge is 0.410 e. The van der Waals surface area contributed by atoms with Crippen molar-refractivity contribution in [2.45, 2.75) is 19.4 Å². The highest BCUT2D eigenvalue weighted by molar-refractivity contribution is 7.17. The molecule has 0 spiro atoms. The monoisotopic (exact) mass is 530 g/mol. The third kappa shape index (κ3) is 5.04. The molecule has 1 aliphatic heterocycles. The Morgan fingerprint density at radius 2 is 1.95 bits per heavy atom. The van der Waals surface area contributed by atoms with Crippen molar-refractivity contribution in [2.75, 3.05) is 25.0 Å². The van der Waals surface area contributed by atoms with Crippen LogP contribution in [0.15, 0.2) is 24.3 Å². The summed E-state index contributed by atoms with van der Waals surface area (Å²) in [7, 11) is 0. The van der Waals surface area contributed by atoms with Crippen LogP contribution in [0.2, 0.25) is 0 Å². The fourth-order valence-electron chi connectivity index (χ4n) is 4.16. The number of benzene rings is 1. The highest BCUT2D eigenvalue weighted by Crippen LogP contribution is 2.42. The summed E-state index contributed by atoms with van der Waals surface area (Å²) in [5.74, 6) is -5.03. The number of carbonyl (C=O) groups excluding carboxylic acids is 3. The molecule has 0 bridgehead atoms. The fourth-order valence-corrected chi connectivity index (χ4v) is 5.51. The molecule has 0 fully saturated rings. The zero-order valence-corrected chi connectivity index (χ0v) is 20.2. The number of aromatic nitrogens is 1. The summed E-state index contributed by atoms with van der Waals surface area (Å²) < 4.78 is 5.13. The van der Waals surface area contributed by atoms with E-state index in [1.165, 1.54) is 17.0 Å². The first-order chi connectivity index (χ1) is 17.6. The number of fused-ring (bicyclic) bond motifs is 2. The van der Waals surface area contributed by atoms with E-state index in [2.05, 4.69) is 15.6 Å². The van der Waals surface area contributed by atoms with Crippen molar-refractivity contribution in [3.05, 3.63) is 46.0 Å². The molecule has 14 heteroatoms. The fraction of sp³-hybridized carbons (Fsp3) is 0.261. The number of anilines is 1. The second-order valence-electron chi connectivity index (χ2n) is 8.04. The number of amides is 3. The first-order valence-electron chi connectivity index (χ1n) is 11.1. The van der Waals surface area contributed by atoms with Gasteiger partial charge in [-0.15, -0.1) is 11.3 Å². The average molecular weight is 531 g/mol. The third-order valence-corrected chi connectivity index (χ3v) is 7.01. The van der Waals surface area contributed by atoms with Gasteiger partial charge in [0.25, 0.3) is 5.91 Å². The van der Waals surface area contributed by atoms with Crippen molar-refractivity contribution < 1.29 is 44.0 Å². The number of rotatable bonds is 6. The van der Waals surface area contributed by atoms with Gasteiger partial charge in [0.1, 0.15) is 16.4 Å². The first-order valence-corrected chi connectivity index (χ1v) is 11.9. The van der Waals surface area contributed by atoms with Crippen molar-refractivity contribution >= 4 is 57.1 Å². The lowest BCUT2D eigenvalue weighted by molar-refractivity contribution is -0.147. The van der Waals surface area contributed by atoms with E-state index in [1.54, 1.807) is 19.1 Å². The molecule has 3 aromatic rings. The highest BCUT2D eigenvalue weighted by Gasteiger charge is 2.38. The van der Waals surface area contributed by atoms with Crippen LogP contribution in [0.4, 0.5) is 9.80 Å². The van der Waals surface area contributed by atoms with E-state index in [1.807, 2.05) is 0 Å². The summed E-state index contributed by atoms with van der Waals surface area (Å²) in [6.07, 6.45) is -0.555. The van der Waals surface area contributed by atoms with Crippen molar-refractivity contribution in [3.8, 4) is 5.75 Å². The molecule has 13 nitrogen and oxygen atoms in total. The van der Waals surface area contributed by atoms with Crippen molar-refractivity contribution in [2.24, 2.45) is 0 Å². The van der Waals surface area contributed by atoms with Gasteiger partial charge < -0.3 is 35.7 Å². The Bertz CT molecular complexity index is 1430. The number of phenolic OH excluding ortho intramolecular Hbond substituents is 1. The van der Waals surface area contributed by atoms with Crippen LogP contribution in [-0.4, -0.2) is 74.7 Å². The number of aliphatic carboxylic acids is 1. The Labute approximate surface area is 212 Å². The summed E-state index contributed by atoms with van der Waals surface area (Å²) in [5, 5.41) is 33.6. The van der Waals surface area contributed by atoms with Crippen LogP contribution in [0.25, 0.3) is 10.9 Å². The Balaban J connectivity index is 1.66. The van der Waals surface area contributed by atoms with E-state index in [-0.39, 0.29) is 48.1 Å². The number of hydrogen-bond donors (Lipinski definition) is 6. The molecule has 1 atom stereocenters. The largest absolute Gasteiger partial charge is 0.508 e. The van der Waals surface area contributed by atoms with E-state index in [0.717, 1.165) is 11.3 Å². The van der Waals surface area contributed by atoms with Gasteiger partial charge in [0.2, 0.25) is 0 Å². The Morgan fingerprint density at radius 3 is 2.62 bits per heavy atom. The number of carbonyl (C=O) groups is 5. The van der Waals surface area contributed by atoms with E-state index in [0.29, 0.717) is 21.3 Å². The number of H-pyrrole nitrogens is 1. The second kappa shape index (κ2) is 10.2. The van der Waals surface area contributed by atoms with Crippen LogP contribution in [0.3, 0.4) is 0 Å². The van der Waals surface area contributed by atoms with Gasteiger partial charge in [0.05, 0.1) is 18.2 Å². The molecule has 3 heterocycles. The molecule has 0 saturated carbocycles. The van der Waals surface area contributed by atoms with Crippen LogP contribution < -0.4 is 10.6 Å². The maximum Gasteiger partial charge on any atom is 0.410 e. The molecule has 2 aromatic heterocycles. The predicted octanol–water partition coefficient (Wildman–Crippen LogP) is 2.14. The lowest BCUT2D eigenvalue weighted by atomic mass is 9.97. The average Bonchev–Trinajstić information content (AvgIpc) is 3.43. The number of carboxylic acid groups (broad SMARTS) is 2. The van der Waals surface area contributed by atoms with Crippen LogP contribution in [0.5, 0.6) is 5.75 Å². The van der Waals surface area contributed by atoms with Crippen LogP contribution in [0.1, 0.15) is 44.3 Å². The predicted molar refractivity (Wildman–Crippen MR) is 130 cm³/mol. The number of thiophene rings is 1. The molecule has 1 unspecified atom stereocenters.